The Hall–Kier alpha value is -4.18. The summed E-state index contributed by atoms with van der Waals surface area (Å²) in [6.07, 6.45) is 7.59. The lowest BCUT2D eigenvalue weighted by atomic mass is 9.77. The van der Waals surface area contributed by atoms with E-state index in [1.54, 1.807) is 12.1 Å². The summed E-state index contributed by atoms with van der Waals surface area (Å²) in [6, 6.07) is 27.7. The number of nitrogens with one attached hydrogen (secondary N) is 1. The minimum Gasteiger partial charge on any atom is -0.490 e. The number of nitro groups is 1. The molecule has 0 saturated carbocycles. The van der Waals surface area contributed by atoms with Crippen LogP contribution in [-0.4, -0.2) is 17.7 Å². The van der Waals surface area contributed by atoms with E-state index in [2.05, 4.69) is 88.6 Å². The molecule has 3 atom stereocenters. The van der Waals surface area contributed by atoms with E-state index < -0.39 is 4.92 Å². The normalized spacial score (nSPS) is 18.8. The maximum atomic E-state index is 10.9. The first-order valence-corrected chi connectivity index (χ1v) is 15.1. The first-order valence-electron chi connectivity index (χ1n) is 14.0. The Labute approximate surface area is 258 Å². The van der Waals surface area contributed by atoms with Gasteiger partial charge in [0.1, 0.15) is 6.61 Å². The highest BCUT2D eigenvalue weighted by molar-refractivity contribution is 14.1. The molecule has 0 spiro atoms. The molecule has 6 rings (SSSR count). The number of para-hydroxylation sites is 1. The van der Waals surface area contributed by atoms with Crippen molar-refractivity contribution in [3.63, 3.8) is 0 Å². The fourth-order valence-electron chi connectivity index (χ4n) is 5.73. The molecule has 8 heteroatoms. The van der Waals surface area contributed by atoms with Crippen LogP contribution in [0.25, 0.3) is 0 Å². The van der Waals surface area contributed by atoms with E-state index in [-0.39, 0.29) is 18.3 Å². The van der Waals surface area contributed by atoms with E-state index in [0.29, 0.717) is 29.9 Å². The summed E-state index contributed by atoms with van der Waals surface area (Å²) in [7, 11) is 0. The van der Waals surface area contributed by atoms with Crippen LogP contribution >= 0.6 is 22.6 Å². The predicted molar refractivity (Wildman–Crippen MR) is 174 cm³/mol. The fourth-order valence-corrected chi connectivity index (χ4v) is 6.51. The third kappa shape index (κ3) is 5.90. The van der Waals surface area contributed by atoms with E-state index >= 15 is 0 Å². The van der Waals surface area contributed by atoms with Gasteiger partial charge in [0.25, 0.3) is 5.69 Å². The van der Waals surface area contributed by atoms with Crippen molar-refractivity contribution in [3.05, 3.63) is 133 Å². The van der Waals surface area contributed by atoms with E-state index in [9.17, 15) is 10.1 Å². The molecule has 7 nitrogen and oxygen atoms in total. The molecule has 4 aromatic rings. The van der Waals surface area contributed by atoms with Crippen molar-refractivity contribution in [2.45, 2.75) is 31.9 Å². The topological polar surface area (TPSA) is 86.0 Å². The lowest BCUT2D eigenvalue weighted by Crippen LogP contribution is -2.28. The highest BCUT2D eigenvalue weighted by Gasteiger charge is 2.37. The maximum Gasteiger partial charge on any atom is 0.269 e. The number of rotatable bonds is 9. The van der Waals surface area contributed by atoms with Crippen LogP contribution in [0, 0.1) is 19.6 Å². The highest BCUT2D eigenvalue weighted by atomic mass is 127. The SMILES string of the molecule is CCOc1cc(C=Nc2ccc([C@@H]3Nc4ccccc4[C@@H]4C=CC[C@H]43)cc2)cc(I)c1OCc1ccc([N+](=O)[O-])cc1. The smallest absolute Gasteiger partial charge is 0.269 e. The molecule has 2 aliphatic rings. The van der Waals surface area contributed by atoms with E-state index in [4.69, 9.17) is 14.5 Å². The zero-order valence-electron chi connectivity index (χ0n) is 23.1. The average molecular weight is 672 g/mol. The summed E-state index contributed by atoms with van der Waals surface area (Å²) in [5.41, 5.74) is 6.54. The Morgan fingerprint density at radius 1 is 1.05 bits per heavy atom. The molecule has 0 saturated heterocycles. The van der Waals surface area contributed by atoms with E-state index in [1.165, 1.54) is 28.9 Å². The lowest BCUT2D eigenvalue weighted by molar-refractivity contribution is -0.384. The lowest BCUT2D eigenvalue weighted by Gasteiger charge is -2.37. The number of benzene rings is 4. The third-order valence-corrected chi connectivity index (χ3v) is 8.55. The molecule has 1 aliphatic carbocycles. The number of ether oxygens (including phenoxy) is 2. The molecule has 0 fully saturated rings. The van der Waals surface area contributed by atoms with Crippen molar-refractivity contribution < 1.29 is 14.4 Å². The van der Waals surface area contributed by atoms with Crippen molar-refractivity contribution in [2.24, 2.45) is 10.9 Å². The summed E-state index contributed by atoms with van der Waals surface area (Å²) in [5, 5.41) is 14.7. The molecule has 1 aliphatic heterocycles. The number of hydrogen-bond acceptors (Lipinski definition) is 6. The molecule has 1 heterocycles. The van der Waals surface area contributed by atoms with Gasteiger partial charge < -0.3 is 14.8 Å². The van der Waals surface area contributed by atoms with Crippen LogP contribution in [-0.2, 0) is 6.61 Å². The highest BCUT2D eigenvalue weighted by Crippen LogP contribution is 2.49. The van der Waals surface area contributed by atoms with Crippen molar-refractivity contribution in [1.29, 1.82) is 0 Å². The quantitative estimate of drug-likeness (QED) is 0.0633. The van der Waals surface area contributed by atoms with Gasteiger partial charge in [0.2, 0.25) is 0 Å². The number of allylic oxidation sites excluding steroid dienone is 2. The Morgan fingerprint density at radius 2 is 1.83 bits per heavy atom. The first kappa shape index (κ1) is 28.0. The van der Waals surface area contributed by atoms with E-state index in [1.807, 2.05) is 25.3 Å². The van der Waals surface area contributed by atoms with Gasteiger partial charge in [-0.1, -0.05) is 42.5 Å². The number of fused-ring (bicyclic) bond motifs is 3. The van der Waals surface area contributed by atoms with Gasteiger partial charge in [0.05, 0.1) is 26.8 Å². The molecule has 4 aromatic carbocycles. The number of non-ortho nitro benzene ring substituents is 1. The van der Waals surface area contributed by atoms with Gasteiger partial charge in [-0.15, -0.1) is 0 Å². The number of nitro benzene ring substituents is 1. The van der Waals surface area contributed by atoms with Crippen LogP contribution in [0.2, 0.25) is 0 Å². The summed E-state index contributed by atoms with van der Waals surface area (Å²) >= 11 is 2.24. The van der Waals surface area contributed by atoms with Crippen LogP contribution in [0.15, 0.2) is 102 Å². The Morgan fingerprint density at radius 3 is 2.60 bits per heavy atom. The second kappa shape index (κ2) is 12.4. The number of hydrogen-bond donors (Lipinski definition) is 1. The molecule has 0 aromatic heterocycles. The fraction of sp³-hybridized carbons (Fsp3) is 0.206. The van der Waals surface area contributed by atoms with Crippen LogP contribution in [0.1, 0.15) is 47.6 Å². The summed E-state index contributed by atoms with van der Waals surface area (Å²) in [5.74, 6) is 2.23. The molecule has 212 valence electrons. The molecule has 0 unspecified atom stereocenters. The second-order valence-electron chi connectivity index (χ2n) is 10.4. The molecule has 0 amide bonds. The van der Waals surface area contributed by atoms with Gasteiger partial charge in [-0.2, -0.15) is 0 Å². The minimum atomic E-state index is -0.412. The van der Waals surface area contributed by atoms with Gasteiger partial charge in [-0.25, -0.2) is 0 Å². The zero-order chi connectivity index (χ0) is 29.1. The summed E-state index contributed by atoms with van der Waals surface area (Å²) in [4.78, 5) is 15.3. The Balaban J connectivity index is 1.16. The molecular formula is C34H30IN3O4. The average Bonchev–Trinajstić information content (AvgIpc) is 3.50. The zero-order valence-corrected chi connectivity index (χ0v) is 25.2. The largest absolute Gasteiger partial charge is 0.490 e. The molecule has 0 radical (unpaired) electrons. The van der Waals surface area contributed by atoms with Gasteiger partial charge in [0, 0.05) is 30.0 Å². The standard InChI is InChI=1S/C34H30IN3O4/c1-2-41-32-19-23(18-30(35)34(32)42-21-22-10-16-26(17-11-22)38(39)40)20-36-25-14-12-24(13-15-25)33-29-8-5-7-27(29)28-6-3-4-9-31(28)37-33/h3-7,9-20,27,29,33,37H,2,8,21H2,1H3/t27-,29+,33-/m0/s1. The number of anilines is 1. The van der Waals surface area contributed by atoms with Crippen molar-refractivity contribution in [2.75, 3.05) is 11.9 Å². The Kier molecular flexibility index (Phi) is 8.23. The first-order chi connectivity index (χ1) is 20.5. The van der Waals surface area contributed by atoms with Crippen molar-refractivity contribution >= 4 is 45.9 Å². The molecular weight excluding hydrogens is 641 g/mol. The van der Waals surface area contributed by atoms with Crippen LogP contribution in [0.3, 0.4) is 0 Å². The Bertz CT molecular complexity index is 1650. The maximum absolute atomic E-state index is 10.9. The van der Waals surface area contributed by atoms with Crippen molar-refractivity contribution in [1.82, 2.24) is 0 Å². The number of halogens is 1. The van der Waals surface area contributed by atoms with Gasteiger partial charge in [-0.3, -0.25) is 15.1 Å². The monoisotopic (exact) mass is 671 g/mol. The summed E-state index contributed by atoms with van der Waals surface area (Å²) < 4.78 is 12.9. The van der Waals surface area contributed by atoms with Crippen molar-refractivity contribution in [3.8, 4) is 11.5 Å². The van der Waals surface area contributed by atoms with Crippen LogP contribution in [0.5, 0.6) is 11.5 Å². The molecule has 1 N–H and O–H groups in total. The van der Waals surface area contributed by atoms with Crippen LogP contribution in [0.4, 0.5) is 17.1 Å². The molecule has 0 bridgehead atoms. The van der Waals surface area contributed by atoms with Crippen LogP contribution < -0.4 is 14.8 Å². The molecule has 42 heavy (non-hydrogen) atoms. The number of nitrogens with zero attached hydrogens (tertiary/aromatic N) is 2. The van der Waals surface area contributed by atoms with Gasteiger partial charge in [-0.05, 0) is 107 Å². The number of aliphatic imine (C=N–C) groups is 1. The predicted octanol–water partition coefficient (Wildman–Crippen LogP) is 8.75. The van der Waals surface area contributed by atoms with E-state index in [0.717, 1.165) is 26.8 Å². The van der Waals surface area contributed by atoms with Gasteiger partial charge in [0.15, 0.2) is 11.5 Å². The summed E-state index contributed by atoms with van der Waals surface area (Å²) in [6.45, 7) is 2.69. The minimum absolute atomic E-state index is 0.0535. The van der Waals surface area contributed by atoms with Gasteiger partial charge >= 0.3 is 0 Å². The third-order valence-electron chi connectivity index (χ3n) is 7.75. The second-order valence-corrected chi connectivity index (χ2v) is 11.5.